The number of unbranched alkanes of at least 4 members (excludes halogenated alkanes) is 15. The molecule has 0 nitrogen and oxygen atoms in total. The summed E-state index contributed by atoms with van der Waals surface area (Å²) >= 11 is 0. The molecule has 1 aromatic rings. The molecule has 1 heteroatoms. The maximum Gasteiger partial charge on any atom is 0.0835 e. The average molecular weight is 467 g/mol. The van der Waals surface area contributed by atoms with Gasteiger partial charge in [-0.2, -0.15) is 0 Å². The molecule has 0 amide bonds. The van der Waals surface area contributed by atoms with Gasteiger partial charge in [0, 0.05) is 0 Å². The second-order valence-electron chi connectivity index (χ2n) is 10.9. The van der Waals surface area contributed by atoms with Crippen molar-refractivity contribution < 1.29 is 0 Å². The Bertz CT molecular complexity index is 724. The first-order chi connectivity index (χ1) is 16.1. The van der Waals surface area contributed by atoms with E-state index in [9.17, 15) is 0 Å². The minimum atomic E-state index is -0.304. The molecule has 0 N–H and O–H groups in total. The van der Waals surface area contributed by atoms with E-state index in [0.717, 1.165) is 0 Å². The molecule has 0 fully saturated rings. The highest BCUT2D eigenvalue weighted by Crippen LogP contribution is 2.24. The third-order valence-electron chi connectivity index (χ3n) is 7.70. The Balaban J connectivity index is 1.50. The molecule has 0 heterocycles. The summed E-state index contributed by atoms with van der Waals surface area (Å²) in [5.74, 6) is 0. The molecule has 0 aromatic heterocycles. The summed E-state index contributed by atoms with van der Waals surface area (Å²) in [7, 11) is -0.304. The minimum Gasteiger partial charge on any atom is -0.0758 e. The molecule has 0 bridgehead atoms. The average Bonchev–Trinajstić information content (AvgIpc) is 3.11. The zero-order valence-electron chi connectivity index (χ0n) is 22.7. The summed E-state index contributed by atoms with van der Waals surface area (Å²) in [5, 5.41) is 3.49. The van der Waals surface area contributed by atoms with Crippen molar-refractivity contribution in [1.29, 1.82) is 0 Å². The molecule has 0 saturated carbocycles. The lowest BCUT2D eigenvalue weighted by molar-refractivity contribution is 0.529. The van der Waals surface area contributed by atoms with E-state index in [0.29, 0.717) is 0 Å². The second-order valence-corrected chi connectivity index (χ2v) is 12.9. The van der Waals surface area contributed by atoms with Gasteiger partial charge in [0.15, 0.2) is 0 Å². The summed E-state index contributed by atoms with van der Waals surface area (Å²) in [4.78, 5) is 0. The first-order valence-corrected chi connectivity index (χ1v) is 16.0. The van der Waals surface area contributed by atoms with Gasteiger partial charge < -0.3 is 0 Å². The molecule has 2 rings (SSSR count). The molecule has 0 spiro atoms. The largest absolute Gasteiger partial charge is 0.0835 e. The molecule has 0 atom stereocenters. The van der Waals surface area contributed by atoms with Gasteiger partial charge in [-0.15, -0.1) is 0 Å². The molecular weight excluding hydrogens is 412 g/mol. The topological polar surface area (TPSA) is 0 Å². The smallest absolute Gasteiger partial charge is 0.0758 e. The van der Waals surface area contributed by atoms with Crippen molar-refractivity contribution in [3.8, 4) is 0 Å². The third kappa shape index (κ3) is 11.7. The molecule has 0 radical (unpaired) electrons. The fraction of sp³-hybridized carbons (Fsp3) is 0.688. The highest BCUT2D eigenvalue weighted by Gasteiger charge is 2.14. The van der Waals surface area contributed by atoms with Crippen LogP contribution in [0.5, 0.6) is 0 Å². The highest BCUT2D eigenvalue weighted by molar-refractivity contribution is 6.62. The molecule has 33 heavy (non-hydrogen) atoms. The number of benzene rings is 1. The Kier molecular flexibility index (Phi) is 14.8. The Morgan fingerprint density at radius 1 is 0.667 bits per heavy atom. The van der Waals surface area contributed by atoms with E-state index in [4.69, 9.17) is 0 Å². The lowest BCUT2D eigenvalue weighted by Crippen LogP contribution is -2.22. The summed E-state index contributed by atoms with van der Waals surface area (Å²) in [6.07, 6.45) is 28.1. The molecule has 1 aliphatic rings. The van der Waals surface area contributed by atoms with Crippen LogP contribution in [0.15, 0.2) is 40.6 Å². The first kappa shape index (κ1) is 28.2. The van der Waals surface area contributed by atoms with Gasteiger partial charge in [-0.05, 0) is 51.2 Å². The number of rotatable bonds is 19. The first-order valence-electron chi connectivity index (χ1n) is 14.5. The van der Waals surface area contributed by atoms with Crippen molar-refractivity contribution in [2.45, 2.75) is 143 Å². The lowest BCUT2D eigenvalue weighted by Gasteiger charge is -2.14. The van der Waals surface area contributed by atoms with Crippen LogP contribution in [0.4, 0.5) is 0 Å². The van der Waals surface area contributed by atoms with Gasteiger partial charge in [0.2, 0.25) is 0 Å². The van der Waals surface area contributed by atoms with Crippen LogP contribution in [0.3, 0.4) is 0 Å². The van der Waals surface area contributed by atoms with Crippen LogP contribution in [0.25, 0.3) is 0 Å². The Hall–Kier alpha value is -1.08. The summed E-state index contributed by atoms with van der Waals surface area (Å²) in [6.45, 7) is 9.25. The second kappa shape index (κ2) is 17.4. The van der Waals surface area contributed by atoms with Crippen molar-refractivity contribution in [2.24, 2.45) is 0 Å². The van der Waals surface area contributed by atoms with Crippen molar-refractivity contribution in [2.75, 3.05) is 0 Å². The Morgan fingerprint density at radius 3 is 1.67 bits per heavy atom. The van der Waals surface area contributed by atoms with E-state index < -0.39 is 0 Å². The van der Waals surface area contributed by atoms with Gasteiger partial charge >= 0.3 is 0 Å². The number of hydrogen-bond acceptors (Lipinski definition) is 0. The van der Waals surface area contributed by atoms with Crippen LogP contribution < -0.4 is 5.19 Å². The monoisotopic (exact) mass is 466 g/mol. The number of allylic oxidation sites excluding steroid dienone is 4. The highest BCUT2D eigenvalue weighted by atomic mass is 28.2. The maximum atomic E-state index is 2.44. The van der Waals surface area contributed by atoms with Gasteiger partial charge in [-0.3, -0.25) is 0 Å². The molecular formula is C32H54Si. The fourth-order valence-corrected chi connectivity index (χ4v) is 7.85. The molecule has 0 unspecified atom stereocenters. The maximum absolute atomic E-state index is 2.44. The zero-order valence-corrected chi connectivity index (χ0v) is 24.2. The number of hydrogen-bond donors (Lipinski definition) is 0. The van der Waals surface area contributed by atoms with Crippen LogP contribution >= 0.6 is 0 Å². The number of aryl methyl sites for hydroxylation is 1. The van der Waals surface area contributed by atoms with Gasteiger partial charge in [-0.1, -0.05) is 149 Å². The molecule has 186 valence electrons. The quantitative estimate of drug-likeness (QED) is 0.141. The lowest BCUT2D eigenvalue weighted by atomic mass is 10.0. The standard InChI is InChI=1S/C32H54Si/c1-5-6-7-8-9-10-11-12-13-14-15-16-17-18-19-20-23-30-28(3)22-21-24-31(30)33-32-26-27(2)25-29(32)4/h21-22,24-25H,5-20,23,26,33H2,1-4H3. The van der Waals surface area contributed by atoms with Crippen LogP contribution in [0.2, 0.25) is 0 Å². The van der Waals surface area contributed by atoms with Crippen LogP contribution in [0, 0.1) is 6.92 Å². The van der Waals surface area contributed by atoms with Crippen molar-refractivity contribution >= 4 is 14.7 Å². The van der Waals surface area contributed by atoms with E-state index in [1.54, 1.807) is 27.1 Å². The zero-order chi connectivity index (χ0) is 23.7. The van der Waals surface area contributed by atoms with Gasteiger partial charge in [-0.25, -0.2) is 0 Å². The van der Waals surface area contributed by atoms with E-state index in [1.807, 2.05) is 0 Å². The summed E-state index contributed by atoms with van der Waals surface area (Å²) < 4.78 is 0. The third-order valence-corrected chi connectivity index (χ3v) is 9.98. The minimum absolute atomic E-state index is 0.304. The van der Waals surface area contributed by atoms with Crippen LogP contribution in [-0.2, 0) is 6.42 Å². The van der Waals surface area contributed by atoms with Gasteiger partial charge in [0.1, 0.15) is 0 Å². The summed E-state index contributed by atoms with van der Waals surface area (Å²) in [6, 6.07) is 7.06. The van der Waals surface area contributed by atoms with E-state index >= 15 is 0 Å². The van der Waals surface area contributed by atoms with Gasteiger partial charge in [0.05, 0.1) is 9.52 Å². The van der Waals surface area contributed by atoms with E-state index in [1.165, 1.54) is 121 Å². The molecule has 1 aliphatic carbocycles. The summed E-state index contributed by atoms with van der Waals surface area (Å²) in [5.41, 5.74) is 6.34. The predicted octanol–water partition coefficient (Wildman–Crippen LogP) is 9.22. The van der Waals surface area contributed by atoms with E-state index in [2.05, 4.69) is 52.0 Å². The molecule has 0 saturated heterocycles. The Morgan fingerprint density at radius 2 is 1.18 bits per heavy atom. The van der Waals surface area contributed by atoms with Crippen molar-refractivity contribution in [3.05, 3.63) is 51.7 Å². The normalized spacial score (nSPS) is 14.1. The predicted molar refractivity (Wildman–Crippen MR) is 154 cm³/mol. The van der Waals surface area contributed by atoms with Gasteiger partial charge in [0.25, 0.3) is 0 Å². The molecule has 0 aliphatic heterocycles. The fourth-order valence-electron chi connectivity index (χ4n) is 5.57. The van der Waals surface area contributed by atoms with Crippen LogP contribution in [0.1, 0.15) is 141 Å². The SMILES string of the molecule is CCCCCCCCCCCCCCCCCCc1c(C)cccc1[SiH2]C1=C(C)C=C(C)C1. The Labute approximate surface area is 209 Å². The van der Waals surface area contributed by atoms with Crippen molar-refractivity contribution in [1.82, 2.24) is 0 Å². The van der Waals surface area contributed by atoms with E-state index in [-0.39, 0.29) is 9.52 Å². The molecule has 1 aromatic carbocycles. The van der Waals surface area contributed by atoms with Crippen LogP contribution in [-0.4, -0.2) is 9.52 Å². The van der Waals surface area contributed by atoms with Crippen molar-refractivity contribution in [3.63, 3.8) is 0 Å².